The Morgan fingerprint density at radius 1 is 0.523 bits per heavy atom. The van der Waals surface area contributed by atoms with Gasteiger partial charge in [-0.05, 0) is 48.4 Å². The van der Waals surface area contributed by atoms with Gasteiger partial charge in [-0.2, -0.15) is 0 Å². The molecule has 0 aliphatic carbocycles. The average molecular weight is 593 g/mol. The van der Waals surface area contributed by atoms with E-state index in [9.17, 15) is 4.11 Å². The predicted octanol–water partition coefficient (Wildman–Crippen LogP) is 10.3. The normalized spacial score (nSPS) is 15.5. The Kier molecular flexibility index (Phi) is 3.56. The van der Waals surface area contributed by atoms with Crippen LogP contribution in [0.2, 0.25) is 0 Å². The van der Waals surface area contributed by atoms with E-state index in [1.807, 2.05) is 60.7 Å². The summed E-state index contributed by atoms with van der Waals surface area (Å²) in [5.74, 6) is 0.319. The number of hydrogen-bond donors (Lipinski definition) is 0. The second-order valence-corrected chi connectivity index (χ2v) is 11.0. The summed E-state index contributed by atoms with van der Waals surface area (Å²) in [4.78, 5) is 14.4. The van der Waals surface area contributed by atoms with E-state index >= 15 is 0 Å². The summed E-state index contributed by atoms with van der Waals surface area (Å²) in [5, 5.41) is 1.60. The van der Waals surface area contributed by atoms with Crippen LogP contribution in [0.15, 0.2) is 145 Å². The van der Waals surface area contributed by atoms with Gasteiger partial charge in [0.25, 0.3) is 0 Å². The summed E-state index contributed by atoms with van der Waals surface area (Å²) in [6.07, 6.45) is 0. The number of thiophene rings is 1. The van der Waals surface area contributed by atoms with Gasteiger partial charge in [0.15, 0.2) is 17.5 Å². The molecule has 0 fully saturated rings. The van der Waals surface area contributed by atoms with Gasteiger partial charge in [-0.25, -0.2) is 15.0 Å². The minimum atomic E-state index is -0.711. The summed E-state index contributed by atoms with van der Waals surface area (Å²) < 4.78 is 109. The molecule has 3 heterocycles. The van der Waals surface area contributed by atoms with Crippen LogP contribution in [0.4, 0.5) is 0 Å². The Labute approximate surface area is 274 Å². The molecule has 0 aliphatic heterocycles. The standard InChI is InChI=1S/C39H24N4S/c1-3-12-25(13-4-1)37-40-38(42-39(41-37)31-19-11-18-30-29-17-8-10-21-35(29)44-36(30)31)26-22-23-34-32(24-26)28-16-7-9-20-33(28)43(34)27-14-5-2-6-15-27/h1-24H/i2D,5D,6D,7D,9D,14D,15D,16D,20D,22D,23D,24D. The van der Waals surface area contributed by atoms with Crippen LogP contribution in [0.1, 0.15) is 16.4 Å². The van der Waals surface area contributed by atoms with Gasteiger partial charge in [-0.3, -0.25) is 0 Å². The molecule has 0 radical (unpaired) electrons. The van der Waals surface area contributed by atoms with Crippen molar-refractivity contribution in [1.29, 1.82) is 0 Å². The van der Waals surface area contributed by atoms with E-state index < -0.39 is 78.2 Å². The zero-order chi connectivity index (χ0) is 39.5. The van der Waals surface area contributed by atoms with E-state index in [1.54, 1.807) is 23.5 Å². The topological polar surface area (TPSA) is 43.6 Å². The second-order valence-electron chi connectivity index (χ2n) is 9.96. The highest BCUT2D eigenvalue weighted by atomic mass is 32.1. The summed E-state index contributed by atoms with van der Waals surface area (Å²) in [6.45, 7) is 0. The number of rotatable bonds is 4. The molecular weight excluding hydrogens is 557 g/mol. The molecular formula is C39H24N4S. The molecule has 0 bridgehead atoms. The first-order valence-corrected chi connectivity index (χ1v) is 14.5. The van der Waals surface area contributed by atoms with Gasteiger partial charge in [-0.1, -0.05) is 96.9 Å². The molecule has 0 spiro atoms. The van der Waals surface area contributed by atoms with Crippen molar-refractivity contribution in [3.8, 4) is 39.9 Å². The lowest BCUT2D eigenvalue weighted by molar-refractivity contribution is 1.08. The Balaban J connectivity index is 1.43. The van der Waals surface area contributed by atoms with Gasteiger partial charge in [0.05, 0.1) is 27.5 Å². The highest BCUT2D eigenvalue weighted by molar-refractivity contribution is 7.26. The van der Waals surface area contributed by atoms with Crippen LogP contribution in [0.25, 0.3) is 81.8 Å². The zero-order valence-electron chi connectivity index (χ0n) is 34.6. The first-order valence-electron chi connectivity index (χ1n) is 19.7. The third-order valence-corrected chi connectivity index (χ3v) is 8.62. The number of benzene rings is 6. The van der Waals surface area contributed by atoms with Gasteiger partial charge in [0.1, 0.15) is 0 Å². The van der Waals surface area contributed by atoms with Gasteiger partial charge in [-0.15, -0.1) is 11.3 Å². The largest absolute Gasteiger partial charge is 0.309 e. The number of aromatic nitrogens is 4. The third kappa shape index (κ3) is 3.94. The minimum absolute atomic E-state index is 0.137. The summed E-state index contributed by atoms with van der Waals surface area (Å²) in [5.41, 5.74) is -0.0665. The van der Waals surface area contributed by atoms with Crippen LogP contribution in [0.5, 0.6) is 0 Å². The van der Waals surface area contributed by atoms with Crippen molar-refractivity contribution in [3.63, 3.8) is 0 Å². The van der Waals surface area contributed by atoms with Crippen LogP contribution >= 0.6 is 11.3 Å². The Morgan fingerprint density at radius 2 is 1.23 bits per heavy atom. The first kappa shape index (κ1) is 15.7. The van der Waals surface area contributed by atoms with Crippen LogP contribution < -0.4 is 0 Å². The van der Waals surface area contributed by atoms with Crippen molar-refractivity contribution < 1.29 is 16.4 Å². The second kappa shape index (κ2) is 9.97. The van der Waals surface area contributed by atoms with Crippen LogP contribution in [0.3, 0.4) is 0 Å². The van der Waals surface area contributed by atoms with E-state index in [-0.39, 0.29) is 44.8 Å². The number of fused-ring (bicyclic) bond motifs is 6. The fourth-order valence-corrected chi connectivity index (χ4v) is 6.66. The average Bonchev–Trinajstić information content (AvgIpc) is 3.77. The molecule has 0 saturated carbocycles. The fraction of sp³-hybridized carbons (Fsp3) is 0. The summed E-state index contributed by atoms with van der Waals surface area (Å²) >= 11 is 1.56. The van der Waals surface area contributed by atoms with E-state index in [4.69, 9.17) is 27.3 Å². The molecule has 0 N–H and O–H groups in total. The van der Waals surface area contributed by atoms with Crippen LogP contribution in [0, 0.1) is 0 Å². The Bertz CT molecular complexity index is 3150. The van der Waals surface area contributed by atoms with Crippen molar-refractivity contribution in [1.82, 2.24) is 19.5 Å². The Morgan fingerprint density at radius 3 is 2.11 bits per heavy atom. The van der Waals surface area contributed by atoms with E-state index in [2.05, 4.69) is 0 Å². The van der Waals surface area contributed by atoms with Gasteiger partial charge in [0.2, 0.25) is 0 Å². The lowest BCUT2D eigenvalue weighted by Crippen LogP contribution is -2.00. The molecule has 44 heavy (non-hydrogen) atoms. The number of hydrogen-bond acceptors (Lipinski definition) is 4. The molecule has 9 aromatic rings. The molecule has 4 nitrogen and oxygen atoms in total. The van der Waals surface area contributed by atoms with Gasteiger partial charge >= 0.3 is 0 Å². The lowest BCUT2D eigenvalue weighted by Gasteiger charge is -2.10. The lowest BCUT2D eigenvalue weighted by atomic mass is 10.1. The highest BCUT2D eigenvalue weighted by Gasteiger charge is 2.18. The van der Waals surface area contributed by atoms with Crippen LogP contribution in [-0.4, -0.2) is 19.5 Å². The molecule has 0 saturated heterocycles. The molecule has 6 aromatic carbocycles. The molecule has 0 amide bonds. The minimum Gasteiger partial charge on any atom is -0.309 e. The van der Waals surface area contributed by atoms with Crippen molar-refractivity contribution in [2.24, 2.45) is 0 Å². The van der Waals surface area contributed by atoms with Gasteiger partial charge < -0.3 is 4.57 Å². The molecule has 9 rings (SSSR count). The third-order valence-electron chi connectivity index (χ3n) is 7.40. The number of para-hydroxylation sites is 2. The first-order chi connectivity index (χ1) is 26.8. The molecule has 206 valence electrons. The SMILES string of the molecule is [2H]c1c([2H])c([2H])c(-n2c3c([2H])c([2H])c([2H])c([2H])c3c3c([2H])c(-c4nc(-c5ccccc5)nc(-c5cccc6c5sc5ccccc56)n4)c([2H])c([2H])c32)c([2H])c1[2H]. The van der Waals surface area contributed by atoms with Crippen molar-refractivity contribution >= 4 is 53.3 Å². The Hall–Kier alpha value is -5.65. The van der Waals surface area contributed by atoms with E-state index in [0.717, 1.165) is 24.7 Å². The highest BCUT2D eigenvalue weighted by Crippen LogP contribution is 2.40. The smallest absolute Gasteiger partial charge is 0.165 e. The predicted molar refractivity (Wildman–Crippen MR) is 183 cm³/mol. The maximum Gasteiger partial charge on any atom is 0.165 e. The van der Waals surface area contributed by atoms with E-state index in [0.29, 0.717) is 11.1 Å². The molecule has 5 heteroatoms. The summed E-state index contributed by atoms with van der Waals surface area (Å²) in [6, 6.07) is 15.2. The van der Waals surface area contributed by atoms with Gasteiger partial charge in [0, 0.05) is 53.3 Å². The van der Waals surface area contributed by atoms with Crippen molar-refractivity contribution in [2.45, 2.75) is 0 Å². The number of nitrogens with zero attached hydrogens (tertiary/aromatic N) is 4. The maximum absolute atomic E-state index is 9.68. The zero-order valence-corrected chi connectivity index (χ0v) is 23.4. The van der Waals surface area contributed by atoms with E-state index in [1.165, 1.54) is 0 Å². The maximum atomic E-state index is 9.68. The summed E-state index contributed by atoms with van der Waals surface area (Å²) in [7, 11) is 0. The quantitative estimate of drug-likeness (QED) is 0.204. The molecule has 0 atom stereocenters. The van der Waals surface area contributed by atoms with Crippen molar-refractivity contribution in [3.05, 3.63) is 145 Å². The molecule has 0 aliphatic rings. The fourth-order valence-electron chi connectivity index (χ4n) is 5.45. The van der Waals surface area contributed by atoms with Crippen molar-refractivity contribution in [2.75, 3.05) is 0 Å². The molecule has 3 aromatic heterocycles. The monoisotopic (exact) mass is 592 g/mol. The molecule has 0 unspecified atom stereocenters. The van der Waals surface area contributed by atoms with Crippen LogP contribution in [-0.2, 0) is 0 Å².